The van der Waals surface area contributed by atoms with E-state index in [2.05, 4.69) is 54.5 Å². The molecule has 0 radical (unpaired) electrons. The minimum Gasteiger partial charge on any atom is -0.385 e. The molecule has 3 heteroatoms. The largest absolute Gasteiger partial charge is 0.385 e. The van der Waals surface area contributed by atoms with Crippen molar-refractivity contribution in [2.75, 3.05) is 38.0 Å². The normalized spacial score (nSPS) is 15.3. The molecule has 1 aliphatic rings. The van der Waals surface area contributed by atoms with Gasteiger partial charge < -0.3 is 15.5 Å². The number of nitrogens with zero attached hydrogens (tertiary/aromatic N) is 1. The highest BCUT2D eigenvalue weighted by Crippen LogP contribution is 2.23. The lowest BCUT2D eigenvalue weighted by Crippen LogP contribution is -2.30. The highest BCUT2D eigenvalue weighted by Gasteiger charge is 2.10. The molecule has 0 saturated heterocycles. The van der Waals surface area contributed by atoms with Crippen molar-refractivity contribution in [3.63, 3.8) is 0 Å². The summed E-state index contributed by atoms with van der Waals surface area (Å²) >= 11 is 0. The van der Waals surface area contributed by atoms with Crippen molar-refractivity contribution in [3.05, 3.63) is 29.3 Å². The number of unbranched alkanes of at least 4 members (excludes halogenated alkanes) is 1. The van der Waals surface area contributed by atoms with E-state index in [1.807, 2.05) is 0 Å². The van der Waals surface area contributed by atoms with Crippen molar-refractivity contribution in [2.45, 2.75) is 58.9 Å². The van der Waals surface area contributed by atoms with Crippen molar-refractivity contribution in [3.8, 4) is 0 Å². The quantitative estimate of drug-likeness (QED) is 0.645. The molecule has 1 aromatic carbocycles. The summed E-state index contributed by atoms with van der Waals surface area (Å²) in [6.07, 6.45) is 6.18. The van der Waals surface area contributed by atoms with Crippen LogP contribution in [0.4, 0.5) is 5.69 Å². The molecule has 130 valence electrons. The third-order valence-electron chi connectivity index (χ3n) is 4.94. The second-order valence-corrected chi connectivity index (χ2v) is 6.82. The molecular weight excluding hydrogens is 282 g/mol. The molecule has 0 aliphatic carbocycles. The molecule has 1 aromatic rings. The van der Waals surface area contributed by atoms with Crippen molar-refractivity contribution in [2.24, 2.45) is 0 Å². The predicted octanol–water partition coefficient (Wildman–Crippen LogP) is 3.69. The topological polar surface area (TPSA) is 27.3 Å². The first kappa shape index (κ1) is 18.3. The summed E-state index contributed by atoms with van der Waals surface area (Å²) in [4.78, 5) is 2.50. The summed E-state index contributed by atoms with van der Waals surface area (Å²) in [7, 11) is 0. The summed E-state index contributed by atoms with van der Waals surface area (Å²) in [6.45, 7) is 12.6. The number of fused-ring (bicyclic) bond motifs is 1. The van der Waals surface area contributed by atoms with Gasteiger partial charge in [-0.05, 0) is 82.4 Å². The zero-order chi connectivity index (χ0) is 16.5. The van der Waals surface area contributed by atoms with Gasteiger partial charge in [0, 0.05) is 18.3 Å². The highest BCUT2D eigenvalue weighted by molar-refractivity contribution is 5.54. The zero-order valence-electron chi connectivity index (χ0n) is 15.3. The Morgan fingerprint density at radius 2 is 2.04 bits per heavy atom. The van der Waals surface area contributed by atoms with Crippen LogP contribution < -0.4 is 10.6 Å². The van der Waals surface area contributed by atoms with Gasteiger partial charge >= 0.3 is 0 Å². The number of anilines is 1. The number of hydrogen-bond acceptors (Lipinski definition) is 3. The van der Waals surface area contributed by atoms with Crippen LogP contribution in [0.25, 0.3) is 0 Å². The van der Waals surface area contributed by atoms with Crippen molar-refractivity contribution < 1.29 is 0 Å². The smallest absolute Gasteiger partial charge is 0.0372 e. The Bertz CT molecular complexity index is 454. The van der Waals surface area contributed by atoms with Gasteiger partial charge in [-0.1, -0.05) is 26.0 Å². The van der Waals surface area contributed by atoms with Crippen LogP contribution in [0, 0.1) is 0 Å². The van der Waals surface area contributed by atoms with Crippen LogP contribution in [0.3, 0.4) is 0 Å². The SMILES string of the molecule is CCN(CC)CCCCNC(C)Cc1ccc2c(c1)CCCN2. The number of rotatable bonds is 10. The van der Waals surface area contributed by atoms with Gasteiger partial charge in [0.1, 0.15) is 0 Å². The van der Waals surface area contributed by atoms with Crippen LogP contribution >= 0.6 is 0 Å². The Balaban J connectivity index is 1.66. The Morgan fingerprint density at radius 3 is 2.83 bits per heavy atom. The average molecular weight is 318 g/mol. The van der Waals surface area contributed by atoms with E-state index in [1.54, 1.807) is 0 Å². The lowest BCUT2D eigenvalue weighted by atomic mass is 9.98. The molecule has 3 nitrogen and oxygen atoms in total. The van der Waals surface area contributed by atoms with Gasteiger partial charge in [-0.15, -0.1) is 0 Å². The lowest BCUT2D eigenvalue weighted by molar-refractivity contribution is 0.295. The third-order valence-corrected chi connectivity index (χ3v) is 4.94. The molecule has 23 heavy (non-hydrogen) atoms. The molecule has 0 amide bonds. The Morgan fingerprint density at radius 1 is 1.22 bits per heavy atom. The molecule has 1 heterocycles. The molecule has 1 unspecified atom stereocenters. The number of nitrogens with one attached hydrogen (secondary N) is 2. The van der Waals surface area contributed by atoms with E-state index in [0.29, 0.717) is 6.04 Å². The maximum atomic E-state index is 3.69. The summed E-state index contributed by atoms with van der Waals surface area (Å²) in [5, 5.41) is 7.18. The standard InChI is InChI=1S/C20H35N3/c1-4-23(5-2)14-7-6-12-21-17(3)15-18-10-11-20-19(16-18)9-8-13-22-20/h10-11,16-17,21-22H,4-9,12-15H2,1-3H3. The maximum Gasteiger partial charge on any atom is 0.0372 e. The molecule has 0 fully saturated rings. The third kappa shape index (κ3) is 6.15. The second-order valence-electron chi connectivity index (χ2n) is 6.82. The van der Waals surface area contributed by atoms with Gasteiger partial charge in [-0.25, -0.2) is 0 Å². The molecule has 1 aliphatic heterocycles. The van der Waals surface area contributed by atoms with E-state index in [0.717, 1.165) is 19.5 Å². The Hall–Kier alpha value is -1.06. The minimum atomic E-state index is 0.554. The molecule has 0 saturated carbocycles. The molecular formula is C20H35N3. The average Bonchev–Trinajstić information content (AvgIpc) is 2.58. The first-order chi connectivity index (χ1) is 11.2. The van der Waals surface area contributed by atoms with Gasteiger partial charge in [0.15, 0.2) is 0 Å². The molecule has 1 atom stereocenters. The fourth-order valence-electron chi connectivity index (χ4n) is 3.43. The zero-order valence-corrected chi connectivity index (χ0v) is 15.3. The lowest BCUT2D eigenvalue weighted by Gasteiger charge is -2.20. The van der Waals surface area contributed by atoms with Crippen LogP contribution in [0.1, 0.15) is 51.2 Å². The number of aryl methyl sites for hydroxylation is 1. The summed E-state index contributed by atoms with van der Waals surface area (Å²) < 4.78 is 0. The molecule has 2 N–H and O–H groups in total. The first-order valence-electron chi connectivity index (χ1n) is 9.54. The van der Waals surface area contributed by atoms with Crippen LogP contribution in [0.5, 0.6) is 0 Å². The summed E-state index contributed by atoms with van der Waals surface area (Å²) in [6, 6.07) is 7.51. The van der Waals surface area contributed by atoms with E-state index in [9.17, 15) is 0 Å². The van der Waals surface area contributed by atoms with E-state index < -0.39 is 0 Å². The van der Waals surface area contributed by atoms with E-state index >= 15 is 0 Å². The highest BCUT2D eigenvalue weighted by atomic mass is 15.1. The van der Waals surface area contributed by atoms with Crippen molar-refractivity contribution in [1.82, 2.24) is 10.2 Å². The molecule has 0 bridgehead atoms. The molecule has 0 aromatic heterocycles. The Labute approximate surface area is 142 Å². The van der Waals surface area contributed by atoms with Crippen molar-refractivity contribution in [1.29, 1.82) is 0 Å². The van der Waals surface area contributed by atoms with Gasteiger partial charge in [0.05, 0.1) is 0 Å². The van der Waals surface area contributed by atoms with Gasteiger partial charge in [-0.2, -0.15) is 0 Å². The van der Waals surface area contributed by atoms with Crippen LogP contribution in [0.15, 0.2) is 18.2 Å². The van der Waals surface area contributed by atoms with E-state index in [4.69, 9.17) is 0 Å². The van der Waals surface area contributed by atoms with Gasteiger partial charge in [-0.3, -0.25) is 0 Å². The van der Waals surface area contributed by atoms with Crippen LogP contribution in [-0.4, -0.2) is 43.7 Å². The van der Waals surface area contributed by atoms with Crippen LogP contribution in [-0.2, 0) is 12.8 Å². The first-order valence-corrected chi connectivity index (χ1v) is 9.54. The van der Waals surface area contributed by atoms with Crippen molar-refractivity contribution >= 4 is 5.69 Å². The fraction of sp³-hybridized carbons (Fsp3) is 0.700. The predicted molar refractivity (Wildman–Crippen MR) is 101 cm³/mol. The Kier molecular flexibility index (Phi) is 7.90. The number of benzene rings is 1. The number of hydrogen-bond donors (Lipinski definition) is 2. The van der Waals surface area contributed by atoms with E-state index in [1.165, 1.54) is 62.1 Å². The monoisotopic (exact) mass is 317 g/mol. The minimum absolute atomic E-state index is 0.554. The fourth-order valence-corrected chi connectivity index (χ4v) is 3.43. The summed E-state index contributed by atoms with van der Waals surface area (Å²) in [5.41, 5.74) is 4.31. The van der Waals surface area contributed by atoms with E-state index in [-0.39, 0.29) is 0 Å². The second kappa shape index (κ2) is 9.94. The summed E-state index contributed by atoms with van der Waals surface area (Å²) in [5.74, 6) is 0. The van der Waals surface area contributed by atoms with Crippen LogP contribution in [0.2, 0.25) is 0 Å². The molecule has 2 rings (SSSR count). The van der Waals surface area contributed by atoms with Gasteiger partial charge in [0.25, 0.3) is 0 Å². The maximum absolute atomic E-state index is 3.69. The van der Waals surface area contributed by atoms with Gasteiger partial charge in [0.2, 0.25) is 0 Å². The molecule has 0 spiro atoms.